The van der Waals surface area contributed by atoms with Gasteiger partial charge in [-0.1, -0.05) is 11.6 Å². The molecule has 0 spiro atoms. The van der Waals surface area contributed by atoms with Crippen molar-refractivity contribution >= 4 is 17.4 Å². The molecule has 2 nitrogen and oxygen atoms in total. The van der Waals surface area contributed by atoms with Gasteiger partial charge in [0.2, 0.25) is 0 Å². The number of halogens is 2. The third-order valence-corrected chi connectivity index (χ3v) is 2.30. The van der Waals surface area contributed by atoms with E-state index in [1.807, 2.05) is 7.05 Å². The van der Waals surface area contributed by atoms with Crippen LogP contribution in [0.3, 0.4) is 0 Å². The number of hydrogen-bond donors (Lipinski definition) is 1. The summed E-state index contributed by atoms with van der Waals surface area (Å²) in [7, 11) is 1.81. The van der Waals surface area contributed by atoms with Crippen LogP contribution in [-0.2, 0) is 0 Å². The number of carbonyl (C=O) groups is 1. The molecule has 0 bridgehead atoms. The molecular formula is C11H13ClFNO. The normalized spacial score (nSPS) is 10.3. The SMILES string of the molecule is CNCCCC(=O)c1ccc(Cl)cc1F. The molecule has 1 N–H and O–H groups in total. The van der Waals surface area contributed by atoms with Crippen molar-refractivity contribution in [2.75, 3.05) is 13.6 Å². The van der Waals surface area contributed by atoms with Gasteiger partial charge in [0.25, 0.3) is 0 Å². The summed E-state index contributed by atoms with van der Waals surface area (Å²) in [5.74, 6) is -0.726. The molecule has 1 aromatic rings. The summed E-state index contributed by atoms with van der Waals surface area (Å²) in [4.78, 5) is 11.5. The lowest BCUT2D eigenvalue weighted by molar-refractivity contribution is 0.0976. The molecule has 4 heteroatoms. The first kappa shape index (κ1) is 12.1. The Kier molecular flexibility index (Phi) is 4.72. The van der Waals surface area contributed by atoms with Crippen LogP contribution in [0.25, 0.3) is 0 Å². The van der Waals surface area contributed by atoms with Crippen LogP contribution in [0.5, 0.6) is 0 Å². The standard InChI is InChI=1S/C11H13ClFNO/c1-14-6-2-3-11(15)9-5-4-8(12)7-10(9)13/h4-5,7,14H,2-3,6H2,1H3. The van der Waals surface area contributed by atoms with Gasteiger partial charge in [-0.15, -0.1) is 0 Å². The molecule has 0 fully saturated rings. The first-order valence-electron chi connectivity index (χ1n) is 4.78. The van der Waals surface area contributed by atoms with Gasteiger partial charge in [-0.05, 0) is 38.2 Å². The topological polar surface area (TPSA) is 29.1 Å². The zero-order valence-corrected chi connectivity index (χ0v) is 9.27. The summed E-state index contributed by atoms with van der Waals surface area (Å²) in [6, 6.07) is 4.11. The predicted molar refractivity (Wildman–Crippen MR) is 58.9 cm³/mol. The van der Waals surface area contributed by atoms with Crippen LogP contribution < -0.4 is 5.32 Å². The molecule has 0 radical (unpaired) electrons. The molecular weight excluding hydrogens is 217 g/mol. The number of rotatable bonds is 5. The van der Waals surface area contributed by atoms with E-state index in [1.165, 1.54) is 12.1 Å². The molecule has 0 aromatic heterocycles. The molecule has 0 aliphatic rings. The molecule has 0 heterocycles. The summed E-state index contributed by atoms with van der Waals surface area (Å²) in [6.07, 6.45) is 1.05. The Morgan fingerprint density at radius 1 is 1.53 bits per heavy atom. The van der Waals surface area contributed by atoms with Gasteiger partial charge in [0, 0.05) is 11.4 Å². The van der Waals surface area contributed by atoms with Gasteiger partial charge in [0.05, 0.1) is 5.56 Å². The highest BCUT2D eigenvalue weighted by Gasteiger charge is 2.11. The Morgan fingerprint density at radius 2 is 2.27 bits per heavy atom. The van der Waals surface area contributed by atoms with Crippen LogP contribution in [-0.4, -0.2) is 19.4 Å². The maximum absolute atomic E-state index is 13.3. The smallest absolute Gasteiger partial charge is 0.165 e. The van der Waals surface area contributed by atoms with Crippen molar-refractivity contribution in [1.29, 1.82) is 0 Å². The lowest BCUT2D eigenvalue weighted by Gasteiger charge is -2.02. The molecule has 0 unspecified atom stereocenters. The molecule has 15 heavy (non-hydrogen) atoms. The maximum atomic E-state index is 13.3. The average Bonchev–Trinajstić information content (AvgIpc) is 2.17. The number of benzene rings is 1. The van der Waals surface area contributed by atoms with Crippen molar-refractivity contribution in [3.8, 4) is 0 Å². The Balaban J connectivity index is 2.65. The Bertz CT molecular complexity index is 354. The van der Waals surface area contributed by atoms with Crippen LogP contribution >= 0.6 is 11.6 Å². The fourth-order valence-electron chi connectivity index (χ4n) is 1.28. The molecule has 82 valence electrons. The van der Waals surface area contributed by atoms with Crippen molar-refractivity contribution in [1.82, 2.24) is 5.32 Å². The van der Waals surface area contributed by atoms with E-state index in [1.54, 1.807) is 0 Å². The summed E-state index contributed by atoms with van der Waals surface area (Å²) in [5, 5.41) is 3.24. The second kappa shape index (κ2) is 5.83. The van der Waals surface area contributed by atoms with E-state index in [-0.39, 0.29) is 11.3 Å². The van der Waals surface area contributed by atoms with Gasteiger partial charge in [-0.2, -0.15) is 0 Å². The minimum absolute atomic E-state index is 0.121. The maximum Gasteiger partial charge on any atom is 0.165 e. The summed E-state index contributed by atoms with van der Waals surface area (Å²) in [6.45, 7) is 0.751. The Labute approximate surface area is 93.4 Å². The van der Waals surface area contributed by atoms with Gasteiger partial charge in [0.1, 0.15) is 5.82 Å². The summed E-state index contributed by atoms with van der Waals surface area (Å²) < 4.78 is 13.3. The Hall–Kier alpha value is -0.930. The van der Waals surface area contributed by atoms with Crippen molar-refractivity contribution in [3.05, 3.63) is 34.6 Å². The first-order chi connectivity index (χ1) is 7.15. The molecule has 0 saturated carbocycles. The summed E-state index contributed by atoms with van der Waals surface area (Å²) in [5.41, 5.74) is 0.121. The molecule has 0 aliphatic heterocycles. The fourth-order valence-corrected chi connectivity index (χ4v) is 1.43. The van der Waals surface area contributed by atoms with Crippen molar-refractivity contribution in [2.45, 2.75) is 12.8 Å². The van der Waals surface area contributed by atoms with E-state index in [0.29, 0.717) is 17.9 Å². The third kappa shape index (κ3) is 3.61. The fraction of sp³-hybridized carbons (Fsp3) is 0.364. The van der Waals surface area contributed by atoms with Gasteiger partial charge in [0.15, 0.2) is 5.78 Å². The highest BCUT2D eigenvalue weighted by Crippen LogP contribution is 2.16. The molecule has 0 atom stereocenters. The molecule has 0 amide bonds. The number of Topliss-reactive ketones (excluding diaryl/α,β-unsaturated/α-hetero) is 1. The van der Waals surface area contributed by atoms with Crippen LogP contribution in [0, 0.1) is 5.82 Å². The zero-order valence-electron chi connectivity index (χ0n) is 8.52. The van der Waals surface area contributed by atoms with Gasteiger partial charge in [-0.3, -0.25) is 4.79 Å². The van der Waals surface area contributed by atoms with Crippen LogP contribution in [0.1, 0.15) is 23.2 Å². The number of hydrogen-bond acceptors (Lipinski definition) is 2. The van der Waals surface area contributed by atoms with Gasteiger partial charge in [-0.25, -0.2) is 4.39 Å². The number of ketones is 1. The monoisotopic (exact) mass is 229 g/mol. The summed E-state index contributed by atoms with van der Waals surface area (Å²) >= 11 is 5.59. The van der Waals surface area contributed by atoms with Crippen molar-refractivity contribution in [3.63, 3.8) is 0 Å². The number of carbonyl (C=O) groups excluding carboxylic acids is 1. The second-order valence-corrected chi connectivity index (χ2v) is 3.69. The van der Waals surface area contributed by atoms with Crippen LogP contribution in [0.2, 0.25) is 5.02 Å². The van der Waals surface area contributed by atoms with Crippen molar-refractivity contribution < 1.29 is 9.18 Å². The van der Waals surface area contributed by atoms with Crippen molar-refractivity contribution in [2.24, 2.45) is 0 Å². The third-order valence-electron chi connectivity index (χ3n) is 2.06. The van der Waals surface area contributed by atoms with Gasteiger partial charge < -0.3 is 5.32 Å². The average molecular weight is 230 g/mol. The first-order valence-corrected chi connectivity index (χ1v) is 5.16. The zero-order chi connectivity index (χ0) is 11.3. The van der Waals surface area contributed by atoms with Crippen LogP contribution in [0.4, 0.5) is 4.39 Å². The van der Waals surface area contributed by atoms with E-state index in [0.717, 1.165) is 12.6 Å². The second-order valence-electron chi connectivity index (χ2n) is 3.25. The number of nitrogens with one attached hydrogen (secondary N) is 1. The lowest BCUT2D eigenvalue weighted by atomic mass is 10.1. The van der Waals surface area contributed by atoms with Gasteiger partial charge >= 0.3 is 0 Å². The van der Waals surface area contributed by atoms with E-state index in [2.05, 4.69) is 5.32 Å². The van der Waals surface area contributed by atoms with E-state index >= 15 is 0 Å². The highest BCUT2D eigenvalue weighted by molar-refractivity contribution is 6.30. The van der Waals surface area contributed by atoms with E-state index < -0.39 is 5.82 Å². The Morgan fingerprint density at radius 3 is 2.87 bits per heavy atom. The molecule has 0 aliphatic carbocycles. The minimum atomic E-state index is -0.544. The minimum Gasteiger partial charge on any atom is -0.320 e. The van der Waals surface area contributed by atoms with Crippen LogP contribution in [0.15, 0.2) is 18.2 Å². The molecule has 1 aromatic carbocycles. The largest absolute Gasteiger partial charge is 0.320 e. The predicted octanol–water partition coefficient (Wildman–Crippen LogP) is 2.66. The highest BCUT2D eigenvalue weighted by atomic mass is 35.5. The van der Waals surface area contributed by atoms with E-state index in [4.69, 9.17) is 11.6 Å². The van der Waals surface area contributed by atoms with E-state index in [9.17, 15) is 9.18 Å². The quantitative estimate of drug-likeness (QED) is 0.621. The molecule has 0 saturated heterocycles. The molecule has 1 rings (SSSR count). The lowest BCUT2D eigenvalue weighted by Crippen LogP contribution is -2.10.